The Morgan fingerprint density at radius 2 is 1.94 bits per heavy atom. The second-order valence-corrected chi connectivity index (χ2v) is 6.11. The van der Waals surface area contributed by atoms with Gasteiger partial charge in [-0.25, -0.2) is 8.42 Å². The summed E-state index contributed by atoms with van der Waals surface area (Å²) < 4.78 is 23.6. The van der Waals surface area contributed by atoms with Gasteiger partial charge in [0.1, 0.15) is 0 Å². The van der Waals surface area contributed by atoms with E-state index in [1.165, 1.54) is 0 Å². The van der Waals surface area contributed by atoms with Crippen LogP contribution in [0.3, 0.4) is 0 Å². The Hall–Kier alpha value is -0.910. The average Bonchev–Trinajstić information content (AvgIpc) is 2.26. The maximum Gasteiger partial charge on any atom is 0.157 e. The first-order valence-corrected chi connectivity index (χ1v) is 7.49. The lowest BCUT2D eigenvalue weighted by atomic mass is 10.2. The lowest BCUT2D eigenvalue weighted by Crippen LogP contribution is -2.32. The molecule has 0 aliphatic heterocycles. The molecule has 0 radical (unpaired) electrons. The summed E-state index contributed by atoms with van der Waals surface area (Å²) in [6.07, 6.45) is -0.844. The molecular weight excluding hydrogens is 238 g/mol. The Balaban J connectivity index is 2.52. The zero-order valence-electron chi connectivity index (χ0n) is 9.96. The van der Waals surface area contributed by atoms with E-state index in [0.717, 1.165) is 12.1 Å². The summed E-state index contributed by atoms with van der Waals surface area (Å²) in [4.78, 5) is 0. The smallest absolute Gasteiger partial charge is 0.157 e. The Morgan fingerprint density at radius 3 is 2.53 bits per heavy atom. The van der Waals surface area contributed by atoms with Gasteiger partial charge in [0, 0.05) is 6.54 Å². The van der Waals surface area contributed by atoms with Crippen LogP contribution in [0.5, 0.6) is 0 Å². The zero-order chi connectivity index (χ0) is 12.7. The van der Waals surface area contributed by atoms with Gasteiger partial charge in [0.15, 0.2) is 9.84 Å². The van der Waals surface area contributed by atoms with Crippen molar-refractivity contribution < 1.29 is 13.5 Å². The summed E-state index contributed by atoms with van der Waals surface area (Å²) >= 11 is 0. The van der Waals surface area contributed by atoms with Gasteiger partial charge in [-0.15, -0.1) is 0 Å². The van der Waals surface area contributed by atoms with E-state index in [2.05, 4.69) is 5.32 Å². The van der Waals surface area contributed by atoms with Crippen LogP contribution in [0.25, 0.3) is 0 Å². The first-order chi connectivity index (χ1) is 8.03. The molecule has 0 spiro atoms. The second-order valence-electron chi connectivity index (χ2n) is 4.00. The molecule has 1 aromatic rings. The lowest BCUT2D eigenvalue weighted by molar-refractivity contribution is 0.194. The molecule has 4 nitrogen and oxygen atoms in total. The lowest BCUT2D eigenvalue weighted by Gasteiger charge is -2.11. The van der Waals surface area contributed by atoms with E-state index in [1.807, 2.05) is 13.0 Å². The predicted octanol–water partition coefficient (Wildman–Crippen LogP) is 0.572. The van der Waals surface area contributed by atoms with Gasteiger partial charge < -0.3 is 10.4 Å². The van der Waals surface area contributed by atoms with Gasteiger partial charge in [-0.1, -0.05) is 37.3 Å². The Labute approximate surface area is 103 Å². The molecule has 0 amide bonds. The maximum absolute atomic E-state index is 11.8. The van der Waals surface area contributed by atoms with E-state index in [1.54, 1.807) is 24.3 Å². The highest BCUT2D eigenvalue weighted by molar-refractivity contribution is 7.90. The molecule has 1 atom stereocenters. The zero-order valence-corrected chi connectivity index (χ0v) is 10.8. The molecule has 0 heterocycles. The number of sulfone groups is 1. The van der Waals surface area contributed by atoms with Gasteiger partial charge >= 0.3 is 0 Å². The minimum absolute atomic E-state index is 0.0168. The first-order valence-electron chi connectivity index (χ1n) is 5.66. The van der Waals surface area contributed by atoms with Crippen LogP contribution in [0.2, 0.25) is 0 Å². The molecule has 5 heteroatoms. The van der Waals surface area contributed by atoms with E-state index < -0.39 is 15.9 Å². The van der Waals surface area contributed by atoms with Crippen molar-refractivity contribution in [2.24, 2.45) is 0 Å². The number of nitrogens with one attached hydrogen (secondary N) is 1. The van der Waals surface area contributed by atoms with Crippen molar-refractivity contribution in [2.75, 3.05) is 18.8 Å². The van der Waals surface area contributed by atoms with Crippen LogP contribution >= 0.6 is 0 Å². The summed E-state index contributed by atoms with van der Waals surface area (Å²) in [7, 11) is -3.25. The van der Waals surface area contributed by atoms with E-state index >= 15 is 0 Å². The number of hydrogen-bond acceptors (Lipinski definition) is 4. The van der Waals surface area contributed by atoms with Gasteiger partial charge in [-0.3, -0.25) is 0 Å². The highest BCUT2D eigenvalue weighted by atomic mass is 32.2. The molecule has 0 aliphatic rings. The molecular formula is C12H19NO3S. The molecule has 17 heavy (non-hydrogen) atoms. The third kappa shape index (κ3) is 5.81. The van der Waals surface area contributed by atoms with E-state index in [4.69, 9.17) is 0 Å². The number of rotatable bonds is 7. The molecule has 1 unspecified atom stereocenters. The van der Waals surface area contributed by atoms with Crippen LogP contribution in [-0.2, 0) is 15.6 Å². The highest BCUT2D eigenvalue weighted by Crippen LogP contribution is 2.07. The maximum atomic E-state index is 11.8. The van der Waals surface area contributed by atoms with Crippen molar-refractivity contribution >= 4 is 9.84 Å². The Bertz CT molecular complexity index is 417. The first kappa shape index (κ1) is 14.2. The third-order valence-electron chi connectivity index (χ3n) is 2.31. The summed E-state index contributed by atoms with van der Waals surface area (Å²) in [6, 6.07) is 9.00. The quantitative estimate of drug-likeness (QED) is 0.749. The molecule has 0 saturated heterocycles. The third-order valence-corrected chi connectivity index (χ3v) is 3.97. The number of aliphatic hydroxyl groups is 1. The molecule has 1 rings (SSSR count). The van der Waals surface area contributed by atoms with Crippen molar-refractivity contribution in [1.29, 1.82) is 0 Å². The van der Waals surface area contributed by atoms with Gasteiger partial charge in [-0.05, 0) is 12.1 Å². The minimum atomic E-state index is -3.25. The topological polar surface area (TPSA) is 66.4 Å². The van der Waals surface area contributed by atoms with E-state index in [0.29, 0.717) is 6.54 Å². The molecule has 0 aliphatic carbocycles. The molecule has 96 valence electrons. The van der Waals surface area contributed by atoms with Crippen molar-refractivity contribution in [2.45, 2.75) is 18.8 Å². The van der Waals surface area contributed by atoms with Gasteiger partial charge in [0.05, 0.1) is 17.6 Å². The van der Waals surface area contributed by atoms with E-state index in [-0.39, 0.29) is 11.5 Å². The standard InChI is InChI=1S/C12H19NO3S/c1-2-13-8-12(14)10-17(15,16)9-11-6-4-3-5-7-11/h3-7,12-14H,2,8-10H2,1H3. The van der Waals surface area contributed by atoms with Crippen LogP contribution < -0.4 is 5.32 Å². The number of hydrogen-bond donors (Lipinski definition) is 2. The average molecular weight is 257 g/mol. The monoisotopic (exact) mass is 257 g/mol. The molecule has 1 aromatic carbocycles. The number of aliphatic hydroxyl groups excluding tert-OH is 1. The SMILES string of the molecule is CCNCC(O)CS(=O)(=O)Cc1ccccc1. The summed E-state index contributed by atoms with van der Waals surface area (Å²) in [6.45, 7) is 2.94. The highest BCUT2D eigenvalue weighted by Gasteiger charge is 2.17. The van der Waals surface area contributed by atoms with Crippen LogP contribution in [0.15, 0.2) is 30.3 Å². The number of benzene rings is 1. The fourth-order valence-electron chi connectivity index (χ4n) is 1.55. The van der Waals surface area contributed by atoms with Gasteiger partial charge in [0.2, 0.25) is 0 Å². The largest absolute Gasteiger partial charge is 0.391 e. The van der Waals surface area contributed by atoms with E-state index in [9.17, 15) is 13.5 Å². The molecule has 0 aromatic heterocycles. The Kier molecular flexibility index (Phi) is 5.61. The molecule has 0 fully saturated rings. The van der Waals surface area contributed by atoms with Crippen LogP contribution in [0.1, 0.15) is 12.5 Å². The van der Waals surface area contributed by atoms with Crippen molar-refractivity contribution in [1.82, 2.24) is 5.32 Å². The molecule has 0 bridgehead atoms. The van der Waals surface area contributed by atoms with Crippen LogP contribution in [0.4, 0.5) is 0 Å². The van der Waals surface area contributed by atoms with Crippen molar-refractivity contribution in [3.63, 3.8) is 0 Å². The van der Waals surface area contributed by atoms with Crippen LogP contribution in [-0.4, -0.2) is 38.5 Å². The molecule has 0 saturated carbocycles. The Morgan fingerprint density at radius 1 is 1.29 bits per heavy atom. The minimum Gasteiger partial charge on any atom is -0.391 e. The van der Waals surface area contributed by atoms with Gasteiger partial charge in [-0.2, -0.15) is 0 Å². The summed E-state index contributed by atoms with van der Waals surface area (Å²) in [5, 5.41) is 12.5. The van der Waals surface area contributed by atoms with Crippen molar-refractivity contribution in [3.05, 3.63) is 35.9 Å². The van der Waals surface area contributed by atoms with Crippen LogP contribution in [0, 0.1) is 0 Å². The predicted molar refractivity (Wildman–Crippen MR) is 68.5 cm³/mol. The van der Waals surface area contributed by atoms with Crippen molar-refractivity contribution in [3.8, 4) is 0 Å². The fourth-order valence-corrected chi connectivity index (χ4v) is 3.07. The summed E-state index contributed by atoms with van der Waals surface area (Å²) in [5.74, 6) is -0.216. The summed E-state index contributed by atoms with van der Waals surface area (Å²) in [5.41, 5.74) is 0.753. The number of likely N-dealkylation sites (N-methyl/N-ethyl adjacent to an activating group) is 1. The molecule has 2 N–H and O–H groups in total. The van der Waals surface area contributed by atoms with Gasteiger partial charge in [0.25, 0.3) is 0 Å². The second kappa shape index (κ2) is 6.74. The normalized spacial score (nSPS) is 13.5. The fraction of sp³-hybridized carbons (Fsp3) is 0.500.